The van der Waals surface area contributed by atoms with Gasteiger partial charge in [0, 0.05) is 22.4 Å². The summed E-state index contributed by atoms with van der Waals surface area (Å²) in [5, 5.41) is 18.2. The summed E-state index contributed by atoms with van der Waals surface area (Å²) in [4.78, 5) is 18.3. The number of fused-ring (bicyclic) bond motifs is 1. The van der Waals surface area contributed by atoms with Crippen LogP contribution in [0.1, 0.15) is 20.8 Å². The first-order valence-corrected chi connectivity index (χ1v) is 12.4. The highest BCUT2D eigenvalue weighted by Gasteiger charge is 2.19. The first kappa shape index (κ1) is 24.0. The van der Waals surface area contributed by atoms with Gasteiger partial charge in [0.25, 0.3) is 5.91 Å². The number of hydrogen-bond acceptors (Lipinski definition) is 8. The molecule has 2 heterocycles. The number of anilines is 3. The standard InChI is InChI=1S/C23H19N5O5S2/c1-33-16-7-4-14(5-8-16)23(29)27-22-19(12-24)21(25-13-17-3-2-10-34-17)18-11-15(28-35(30,31)32)6-9-20(18)26-22/h2-11,28H,13H2,1H3,(H,30,31,32)(H2,25,26,27,29). The molecule has 2 aromatic heterocycles. The SMILES string of the molecule is COc1ccc(C(=O)Nc2nc3ccc(NS(=O)(=O)O)cc3c(NCc3cccs3)c2C#N)cc1. The van der Waals surface area contributed by atoms with Crippen molar-refractivity contribution in [3.8, 4) is 11.8 Å². The minimum Gasteiger partial charge on any atom is -0.497 e. The van der Waals surface area contributed by atoms with E-state index in [4.69, 9.17) is 9.29 Å². The number of ether oxygens (including phenoxy) is 1. The molecule has 4 rings (SSSR count). The van der Waals surface area contributed by atoms with Crippen LogP contribution in [0.25, 0.3) is 10.9 Å². The molecule has 0 bridgehead atoms. The predicted octanol–water partition coefficient (Wildman–Crippen LogP) is 4.26. The molecule has 10 nitrogen and oxygen atoms in total. The maximum absolute atomic E-state index is 12.9. The Labute approximate surface area is 205 Å². The number of aromatic nitrogens is 1. The molecular formula is C23H19N5O5S2. The van der Waals surface area contributed by atoms with E-state index in [1.807, 2.05) is 22.2 Å². The number of benzene rings is 2. The molecule has 0 saturated carbocycles. The molecule has 0 atom stereocenters. The summed E-state index contributed by atoms with van der Waals surface area (Å²) in [6, 6.07) is 16.7. The topological polar surface area (TPSA) is 153 Å². The highest BCUT2D eigenvalue weighted by molar-refractivity contribution is 7.87. The van der Waals surface area contributed by atoms with E-state index in [0.717, 1.165) is 4.88 Å². The summed E-state index contributed by atoms with van der Waals surface area (Å²) in [6.07, 6.45) is 0. The Morgan fingerprint density at radius 1 is 1.20 bits per heavy atom. The molecule has 2 aromatic carbocycles. The highest BCUT2D eigenvalue weighted by Crippen LogP contribution is 2.34. The lowest BCUT2D eigenvalue weighted by molar-refractivity contribution is 0.102. The zero-order valence-corrected chi connectivity index (χ0v) is 19.9. The lowest BCUT2D eigenvalue weighted by Crippen LogP contribution is -2.15. The molecule has 0 aliphatic rings. The summed E-state index contributed by atoms with van der Waals surface area (Å²) < 4.78 is 38.8. The van der Waals surface area contributed by atoms with Crippen LogP contribution in [0.4, 0.5) is 17.2 Å². The molecule has 0 spiro atoms. The fourth-order valence-electron chi connectivity index (χ4n) is 3.37. The first-order chi connectivity index (χ1) is 16.8. The van der Waals surface area contributed by atoms with Gasteiger partial charge in [-0.1, -0.05) is 6.07 Å². The molecule has 1 amide bonds. The van der Waals surface area contributed by atoms with Crippen molar-refractivity contribution in [1.82, 2.24) is 4.98 Å². The molecule has 0 unspecified atom stereocenters. The highest BCUT2D eigenvalue weighted by atomic mass is 32.2. The summed E-state index contributed by atoms with van der Waals surface area (Å²) in [7, 11) is -2.98. The Bertz CT molecular complexity index is 1530. The van der Waals surface area contributed by atoms with Crippen LogP contribution in [-0.2, 0) is 16.8 Å². The lowest BCUT2D eigenvalue weighted by Gasteiger charge is -2.16. The number of hydrogen-bond donors (Lipinski definition) is 4. The zero-order valence-electron chi connectivity index (χ0n) is 18.3. The van der Waals surface area contributed by atoms with E-state index in [2.05, 4.69) is 21.7 Å². The van der Waals surface area contributed by atoms with E-state index in [9.17, 15) is 18.5 Å². The van der Waals surface area contributed by atoms with Gasteiger partial charge in [0.1, 0.15) is 17.4 Å². The third-order valence-corrected chi connectivity index (χ3v) is 6.32. The summed E-state index contributed by atoms with van der Waals surface area (Å²) >= 11 is 1.52. The molecule has 178 valence electrons. The number of pyridine rings is 1. The van der Waals surface area contributed by atoms with Crippen LogP contribution < -0.4 is 20.1 Å². The van der Waals surface area contributed by atoms with Crippen molar-refractivity contribution in [3.63, 3.8) is 0 Å². The minimum atomic E-state index is -4.50. The third-order valence-electron chi connectivity index (χ3n) is 4.95. The van der Waals surface area contributed by atoms with Gasteiger partial charge < -0.3 is 15.4 Å². The fraction of sp³-hybridized carbons (Fsp3) is 0.0870. The largest absolute Gasteiger partial charge is 0.497 e. The second kappa shape index (κ2) is 9.98. The van der Waals surface area contributed by atoms with Crippen LogP contribution in [0, 0.1) is 11.3 Å². The Balaban J connectivity index is 1.78. The first-order valence-electron chi connectivity index (χ1n) is 10.1. The second-order valence-electron chi connectivity index (χ2n) is 7.25. The van der Waals surface area contributed by atoms with Crippen molar-refractivity contribution in [2.75, 3.05) is 22.5 Å². The van der Waals surface area contributed by atoms with E-state index in [1.165, 1.54) is 36.6 Å². The third kappa shape index (κ3) is 5.67. The number of methoxy groups -OCH3 is 1. The van der Waals surface area contributed by atoms with Crippen LogP contribution in [-0.4, -0.2) is 31.0 Å². The number of nitriles is 1. The van der Waals surface area contributed by atoms with Crippen molar-refractivity contribution in [2.45, 2.75) is 6.54 Å². The summed E-state index contributed by atoms with van der Waals surface area (Å²) in [5.74, 6) is 0.173. The van der Waals surface area contributed by atoms with Crippen molar-refractivity contribution < 1.29 is 22.5 Å². The zero-order chi connectivity index (χ0) is 25.0. The van der Waals surface area contributed by atoms with Gasteiger partial charge >= 0.3 is 10.3 Å². The van der Waals surface area contributed by atoms with Gasteiger partial charge in [0.05, 0.1) is 24.0 Å². The number of amides is 1. The van der Waals surface area contributed by atoms with Crippen molar-refractivity contribution in [1.29, 1.82) is 5.26 Å². The molecular weight excluding hydrogens is 490 g/mol. The smallest absolute Gasteiger partial charge is 0.357 e. The number of nitrogens with one attached hydrogen (secondary N) is 3. The van der Waals surface area contributed by atoms with Gasteiger partial charge in [-0.05, 0) is 53.9 Å². The lowest BCUT2D eigenvalue weighted by atomic mass is 10.1. The number of carbonyl (C=O) groups is 1. The number of carbonyl (C=O) groups excluding carboxylic acids is 1. The monoisotopic (exact) mass is 509 g/mol. The van der Waals surface area contributed by atoms with Gasteiger partial charge in [-0.25, -0.2) is 4.98 Å². The van der Waals surface area contributed by atoms with Gasteiger partial charge in [-0.15, -0.1) is 11.3 Å². The maximum atomic E-state index is 12.9. The molecule has 35 heavy (non-hydrogen) atoms. The van der Waals surface area contributed by atoms with Gasteiger partial charge in [-0.2, -0.15) is 13.7 Å². The second-order valence-corrected chi connectivity index (χ2v) is 9.43. The minimum absolute atomic E-state index is 0.0463. The van der Waals surface area contributed by atoms with E-state index in [0.29, 0.717) is 34.4 Å². The maximum Gasteiger partial charge on any atom is 0.357 e. The Morgan fingerprint density at radius 3 is 2.60 bits per heavy atom. The van der Waals surface area contributed by atoms with Gasteiger partial charge in [-0.3, -0.25) is 14.1 Å². The van der Waals surface area contributed by atoms with E-state index in [1.54, 1.807) is 24.3 Å². The van der Waals surface area contributed by atoms with Crippen LogP contribution in [0.3, 0.4) is 0 Å². The van der Waals surface area contributed by atoms with Crippen LogP contribution in [0.15, 0.2) is 60.0 Å². The molecule has 12 heteroatoms. The van der Waals surface area contributed by atoms with Crippen LogP contribution in [0.5, 0.6) is 5.75 Å². The summed E-state index contributed by atoms with van der Waals surface area (Å²) in [5.41, 5.74) is 1.25. The Kier molecular flexibility index (Phi) is 6.83. The van der Waals surface area contributed by atoms with E-state index >= 15 is 0 Å². The average molecular weight is 510 g/mol. The normalized spacial score (nSPS) is 11.0. The molecule has 0 fully saturated rings. The number of rotatable bonds is 8. The van der Waals surface area contributed by atoms with Gasteiger partial charge in [0.15, 0.2) is 5.82 Å². The van der Waals surface area contributed by atoms with Crippen molar-refractivity contribution >= 4 is 55.6 Å². The van der Waals surface area contributed by atoms with Crippen LogP contribution >= 0.6 is 11.3 Å². The Morgan fingerprint density at radius 2 is 1.97 bits per heavy atom. The number of nitrogens with zero attached hydrogens (tertiary/aromatic N) is 2. The average Bonchev–Trinajstić information content (AvgIpc) is 3.35. The fourth-order valence-corrected chi connectivity index (χ4v) is 4.44. The Hall–Kier alpha value is -4.18. The van der Waals surface area contributed by atoms with E-state index < -0.39 is 16.2 Å². The van der Waals surface area contributed by atoms with Crippen LogP contribution in [0.2, 0.25) is 0 Å². The van der Waals surface area contributed by atoms with Gasteiger partial charge in [0.2, 0.25) is 0 Å². The molecule has 4 N–H and O–H groups in total. The molecule has 0 radical (unpaired) electrons. The quantitative estimate of drug-likeness (QED) is 0.257. The van der Waals surface area contributed by atoms with E-state index in [-0.39, 0.29) is 17.1 Å². The molecule has 0 aliphatic carbocycles. The molecule has 0 aliphatic heterocycles. The number of thiophene rings is 1. The van der Waals surface area contributed by atoms with Crippen molar-refractivity contribution in [2.24, 2.45) is 0 Å². The predicted molar refractivity (Wildman–Crippen MR) is 134 cm³/mol. The molecule has 4 aromatic rings. The summed E-state index contributed by atoms with van der Waals surface area (Å²) in [6.45, 7) is 0.382. The van der Waals surface area contributed by atoms with Crippen molar-refractivity contribution in [3.05, 3.63) is 76.0 Å². The molecule has 0 saturated heterocycles.